The smallest absolute Gasteiger partial charge is 0.0476 e. The molecule has 1 aromatic heterocycles. The van der Waals surface area contributed by atoms with Crippen LogP contribution in [0.25, 0.3) is 0 Å². The van der Waals surface area contributed by atoms with E-state index in [1.165, 1.54) is 17.5 Å². The number of hydrogen-bond donors (Lipinski definition) is 1. The molecule has 2 N–H and O–H groups in total. The Hall–Kier alpha value is -1.42. The molecule has 1 aliphatic rings. The number of likely N-dealkylation sites (tertiary alicyclic amines) is 1. The molecule has 1 saturated heterocycles. The van der Waals surface area contributed by atoms with E-state index in [-0.39, 0.29) is 6.04 Å². The second-order valence-corrected chi connectivity index (χ2v) is 5.92. The van der Waals surface area contributed by atoms with E-state index in [2.05, 4.69) is 28.1 Å². The molecule has 21 heavy (non-hydrogen) atoms. The van der Waals surface area contributed by atoms with Gasteiger partial charge in [0.2, 0.25) is 0 Å². The summed E-state index contributed by atoms with van der Waals surface area (Å²) in [5, 5.41) is 0.764. The molecule has 4 heteroatoms. The molecule has 0 spiro atoms. The Morgan fingerprint density at radius 2 is 2.10 bits per heavy atom. The fourth-order valence-corrected chi connectivity index (χ4v) is 3.37. The molecule has 3 nitrogen and oxygen atoms in total. The molecular weight excluding hydrogens is 282 g/mol. The van der Waals surface area contributed by atoms with Gasteiger partial charge >= 0.3 is 0 Å². The summed E-state index contributed by atoms with van der Waals surface area (Å²) < 4.78 is 0. The first-order chi connectivity index (χ1) is 10.3. The Morgan fingerprint density at radius 1 is 1.29 bits per heavy atom. The summed E-state index contributed by atoms with van der Waals surface area (Å²) >= 11 is 5.99. The molecular formula is C17H20ClN3. The van der Waals surface area contributed by atoms with Crippen LogP contribution >= 0.6 is 11.6 Å². The third-order valence-corrected chi connectivity index (χ3v) is 4.49. The lowest BCUT2D eigenvalue weighted by atomic mass is 10.0. The van der Waals surface area contributed by atoms with Gasteiger partial charge < -0.3 is 5.73 Å². The Labute approximate surface area is 130 Å². The summed E-state index contributed by atoms with van der Waals surface area (Å²) in [6, 6.07) is 12.8. The molecule has 1 aromatic carbocycles. The number of benzene rings is 1. The van der Waals surface area contributed by atoms with E-state index in [1.54, 1.807) is 0 Å². The second-order valence-electron chi connectivity index (χ2n) is 5.49. The summed E-state index contributed by atoms with van der Waals surface area (Å²) in [7, 11) is 0. The van der Waals surface area contributed by atoms with Crippen molar-refractivity contribution >= 4 is 11.6 Å². The molecule has 2 aromatic rings. The van der Waals surface area contributed by atoms with Crippen molar-refractivity contribution in [3.63, 3.8) is 0 Å². The van der Waals surface area contributed by atoms with Gasteiger partial charge in [-0.3, -0.25) is 9.88 Å². The fraction of sp³-hybridized carbons (Fsp3) is 0.353. The first-order valence-corrected chi connectivity index (χ1v) is 7.78. The standard InChI is InChI=1S/C17H20ClN3/c18-15-7-5-13(6-8-15)17(11-19)21-10-2-4-16(21)14-3-1-9-20-12-14/h1,3,5-9,12,16-17H,2,4,10-11,19H2. The van der Waals surface area contributed by atoms with Crippen molar-refractivity contribution in [3.8, 4) is 0 Å². The van der Waals surface area contributed by atoms with E-state index in [0.29, 0.717) is 12.6 Å². The van der Waals surface area contributed by atoms with Gasteiger partial charge in [0, 0.05) is 36.0 Å². The Balaban J connectivity index is 1.87. The maximum absolute atomic E-state index is 6.07. The largest absolute Gasteiger partial charge is 0.329 e. The average Bonchev–Trinajstić information content (AvgIpc) is 3.00. The maximum Gasteiger partial charge on any atom is 0.0476 e. The molecule has 1 aliphatic heterocycles. The van der Waals surface area contributed by atoms with E-state index in [1.807, 2.05) is 30.6 Å². The molecule has 0 radical (unpaired) electrons. The Bertz CT molecular complexity index is 570. The lowest BCUT2D eigenvalue weighted by molar-refractivity contribution is 0.185. The number of hydrogen-bond acceptors (Lipinski definition) is 3. The van der Waals surface area contributed by atoms with Gasteiger partial charge in [-0.25, -0.2) is 0 Å². The molecule has 2 heterocycles. The Morgan fingerprint density at radius 3 is 2.76 bits per heavy atom. The molecule has 110 valence electrons. The van der Waals surface area contributed by atoms with Crippen LogP contribution in [0.4, 0.5) is 0 Å². The second kappa shape index (κ2) is 6.56. The predicted octanol–water partition coefficient (Wildman–Crippen LogP) is 3.57. The van der Waals surface area contributed by atoms with Gasteiger partial charge in [-0.15, -0.1) is 0 Å². The highest BCUT2D eigenvalue weighted by Crippen LogP contribution is 2.38. The van der Waals surface area contributed by atoms with Crippen LogP contribution < -0.4 is 5.73 Å². The van der Waals surface area contributed by atoms with E-state index < -0.39 is 0 Å². The quantitative estimate of drug-likeness (QED) is 0.938. The van der Waals surface area contributed by atoms with Gasteiger partial charge in [-0.05, 0) is 48.7 Å². The first-order valence-electron chi connectivity index (χ1n) is 7.41. The van der Waals surface area contributed by atoms with Crippen molar-refractivity contribution in [1.82, 2.24) is 9.88 Å². The molecule has 3 rings (SSSR count). The predicted molar refractivity (Wildman–Crippen MR) is 86.2 cm³/mol. The molecule has 0 saturated carbocycles. The molecule has 1 fully saturated rings. The summed E-state index contributed by atoms with van der Waals surface area (Å²) in [5.41, 5.74) is 8.59. The lowest BCUT2D eigenvalue weighted by Crippen LogP contribution is -2.33. The van der Waals surface area contributed by atoms with Crippen molar-refractivity contribution in [2.24, 2.45) is 5.73 Å². The summed E-state index contributed by atoms with van der Waals surface area (Å²) in [6.07, 6.45) is 6.15. The summed E-state index contributed by atoms with van der Waals surface area (Å²) in [4.78, 5) is 6.76. The SMILES string of the molecule is NCC(c1ccc(Cl)cc1)N1CCCC1c1cccnc1. The Kier molecular flexibility index (Phi) is 4.54. The minimum absolute atomic E-state index is 0.231. The summed E-state index contributed by atoms with van der Waals surface area (Å²) in [5.74, 6) is 0. The normalized spacial score (nSPS) is 20.6. The number of aromatic nitrogens is 1. The van der Waals surface area contributed by atoms with Gasteiger partial charge in [-0.1, -0.05) is 29.8 Å². The number of halogens is 1. The van der Waals surface area contributed by atoms with E-state index in [4.69, 9.17) is 17.3 Å². The van der Waals surface area contributed by atoms with Gasteiger partial charge in [0.1, 0.15) is 0 Å². The number of nitrogens with zero attached hydrogens (tertiary/aromatic N) is 2. The zero-order chi connectivity index (χ0) is 14.7. The van der Waals surface area contributed by atoms with Gasteiger partial charge in [0.15, 0.2) is 0 Å². The van der Waals surface area contributed by atoms with Crippen molar-refractivity contribution in [1.29, 1.82) is 0 Å². The van der Waals surface area contributed by atoms with Crippen LogP contribution in [-0.4, -0.2) is 23.0 Å². The molecule has 0 amide bonds. The van der Waals surface area contributed by atoms with Crippen molar-refractivity contribution in [2.75, 3.05) is 13.1 Å². The highest BCUT2D eigenvalue weighted by Gasteiger charge is 2.31. The van der Waals surface area contributed by atoms with Crippen LogP contribution in [0.2, 0.25) is 5.02 Å². The number of nitrogens with two attached hydrogens (primary N) is 1. The zero-order valence-corrected chi connectivity index (χ0v) is 12.7. The zero-order valence-electron chi connectivity index (χ0n) is 12.0. The van der Waals surface area contributed by atoms with E-state index in [9.17, 15) is 0 Å². The lowest BCUT2D eigenvalue weighted by Gasteiger charge is -2.33. The molecule has 0 bridgehead atoms. The van der Waals surface area contributed by atoms with Gasteiger partial charge in [0.25, 0.3) is 0 Å². The fourth-order valence-electron chi connectivity index (χ4n) is 3.24. The van der Waals surface area contributed by atoms with Crippen LogP contribution in [0.1, 0.15) is 36.1 Å². The molecule has 0 aliphatic carbocycles. The number of pyridine rings is 1. The molecule has 2 atom stereocenters. The third-order valence-electron chi connectivity index (χ3n) is 4.24. The van der Waals surface area contributed by atoms with Crippen molar-refractivity contribution in [3.05, 3.63) is 64.9 Å². The van der Waals surface area contributed by atoms with Crippen LogP contribution in [0.15, 0.2) is 48.8 Å². The van der Waals surface area contributed by atoms with Crippen LogP contribution in [0.5, 0.6) is 0 Å². The minimum atomic E-state index is 0.231. The van der Waals surface area contributed by atoms with Crippen molar-refractivity contribution in [2.45, 2.75) is 24.9 Å². The van der Waals surface area contributed by atoms with Crippen LogP contribution in [-0.2, 0) is 0 Å². The van der Waals surface area contributed by atoms with Gasteiger partial charge in [0.05, 0.1) is 0 Å². The highest BCUT2D eigenvalue weighted by molar-refractivity contribution is 6.30. The maximum atomic E-state index is 6.07. The van der Waals surface area contributed by atoms with Gasteiger partial charge in [-0.2, -0.15) is 0 Å². The third kappa shape index (κ3) is 3.10. The number of rotatable bonds is 4. The van der Waals surface area contributed by atoms with E-state index in [0.717, 1.165) is 18.0 Å². The minimum Gasteiger partial charge on any atom is -0.329 e. The van der Waals surface area contributed by atoms with E-state index >= 15 is 0 Å². The first kappa shape index (κ1) is 14.5. The van der Waals surface area contributed by atoms with Crippen LogP contribution in [0, 0.1) is 0 Å². The highest BCUT2D eigenvalue weighted by atomic mass is 35.5. The van der Waals surface area contributed by atoms with Crippen molar-refractivity contribution < 1.29 is 0 Å². The average molecular weight is 302 g/mol. The summed E-state index contributed by atoms with van der Waals surface area (Å²) in [6.45, 7) is 1.68. The monoisotopic (exact) mass is 301 g/mol. The molecule has 2 unspecified atom stereocenters. The topological polar surface area (TPSA) is 42.1 Å². The van der Waals surface area contributed by atoms with Crippen LogP contribution in [0.3, 0.4) is 0 Å².